The monoisotopic (exact) mass is 258 g/mol. The number of carbonyl (C=O) groups excluding carboxylic acids is 1. The van der Waals surface area contributed by atoms with Crippen molar-refractivity contribution >= 4 is 29.4 Å². The number of carbonyl (C=O) groups is 1. The lowest BCUT2D eigenvalue weighted by molar-refractivity contribution is -0.145. The van der Waals surface area contributed by atoms with Gasteiger partial charge in [-0.15, -0.1) is 0 Å². The zero-order valence-electron chi connectivity index (χ0n) is 9.93. The fourth-order valence-electron chi connectivity index (χ4n) is 1.93. The van der Waals surface area contributed by atoms with Gasteiger partial charge in [-0.05, 0) is 35.2 Å². The Morgan fingerprint density at radius 3 is 2.61 bits per heavy atom. The molecule has 0 unspecified atom stereocenters. The Kier molecular flexibility index (Phi) is 2.78. The third-order valence-electron chi connectivity index (χ3n) is 3.29. The molecule has 3 rings (SSSR count). The molecule has 0 spiro atoms. The molecule has 0 aliphatic heterocycles. The molecule has 2 aromatic rings. The smallest absolute Gasteiger partial charge is 0.322 e. The Morgan fingerprint density at radius 2 is 1.89 bits per heavy atom. The van der Waals surface area contributed by atoms with Gasteiger partial charge in [0, 0.05) is 0 Å². The standard InChI is InChI=1S/C15H14O2S/c16-14(15(18)7-8-15)17-10-11-5-6-12-3-1-2-4-13(12)9-11/h1-6,9,18H,7-8,10H2. The van der Waals surface area contributed by atoms with Gasteiger partial charge >= 0.3 is 5.97 Å². The average molecular weight is 258 g/mol. The van der Waals surface area contributed by atoms with Crippen LogP contribution in [0.1, 0.15) is 18.4 Å². The fourth-order valence-corrected chi connectivity index (χ4v) is 2.11. The molecule has 1 fully saturated rings. The number of hydrogen-bond acceptors (Lipinski definition) is 3. The number of ether oxygens (including phenoxy) is 1. The zero-order chi connectivity index (χ0) is 12.6. The van der Waals surface area contributed by atoms with Crippen molar-refractivity contribution < 1.29 is 9.53 Å². The second kappa shape index (κ2) is 4.32. The highest BCUT2D eigenvalue weighted by Gasteiger charge is 2.48. The summed E-state index contributed by atoms with van der Waals surface area (Å²) in [6, 6.07) is 14.2. The summed E-state index contributed by atoms with van der Waals surface area (Å²) in [6.07, 6.45) is 1.65. The first-order chi connectivity index (χ1) is 8.67. The highest BCUT2D eigenvalue weighted by molar-refractivity contribution is 7.83. The predicted molar refractivity (Wildman–Crippen MR) is 74.7 cm³/mol. The van der Waals surface area contributed by atoms with E-state index in [1.54, 1.807) is 0 Å². The fraction of sp³-hybridized carbons (Fsp3) is 0.267. The van der Waals surface area contributed by atoms with E-state index in [9.17, 15) is 4.79 Å². The first kappa shape index (κ1) is 11.6. The largest absolute Gasteiger partial charge is 0.460 e. The Hall–Kier alpha value is -1.48. The molecular formula is C15H14O2S. The maximum atomic E-state index is 11.7. The number of benzene rings is 2. The molecule has 18 heavy (non-hydrogen) atoms. The molecule has 2 aromatic carbocycles. The van der Waals surface area contributed by atoms with Crippen molar-refractivity contribution in [3.63, 3.8) is 0 Å². The topological polar surface area (TPSA) is 26.3 Å². The molecular weight excluding hydrogens is 244 g/mol. The molecule has 0 bridgehead atoms. The van der Waals surface area contributed by atoms with Crippen LogP contribution in [0.4, 0.5) is 0 Å². The number of hydrogen-bond donors (Lipinski definition) is 1. The molecule has 92 valence electrons. The van der Waals surface area contributed by atoms with Gasteiger partial charge in [0.25, 0.3) is 0 Å². The van der Waals surface area contributed by atoms with Gasteiger partial charge in [-0.25, -0.2) is 0 Å². The van der Waals surface area contributed by atoms with Crippen LogP contribution < -0.4 is 0 Å². The molecule has 0 amide bonds. The summed E-state index contributed by atoms with van der Waals surface area (Å²) in [5.74, 6) is -0.195. The molecule has 0 atom stereocenters. The maximum Gasteiger partial charge on any atom is 0.322 e. The average Bonchev–Trinajstić information content (AvgIpc) is 3.15. The molecule has 3 heteroatoms. The summed E-state index contributed by atoms with van der Waals surface area (Å²) >= 11 is 4.29. The predicted octanol–water partition coefficient (Wildman–Crippen LogP) is 3.35. The minimum Gasteiger partial charge on any atom is -0.460 e. The summed E-state index contributed by atoms with van der Waals surface area (Å²) in [5.41, 5.74) is 1.01. The Morgan fingerprint density at radius 1 is 1.17 bits per heavy atom. The summed E-state index contributed by atoms with van der Waals surface area (Å²) < 4.78 is 4.79. The number of fused-ring (bicyclic) bond motifs is 1. The van der Waals surface area contributed by atoms with E-state index in [1.165, 1.54) is 5.39 Å². The minimum atomic E-state index is -0.503. The van der Waals surface area contributed by atoms with Crippen LogP contribution >= 0.6 is 12.6 Å². The van der Waals surface area contributed by atoms with Crippen molar-refractivity contribution in [2.24, 2.45) is 0 Å². The zero-order valence-corrected chi connectivity index (χ0v) is 10.8. The number of thiol groups is 1. The molecule has 1 saturated carbocycles. The molecule has 1 aliphatic carbocycles. The highest BCUT2D eigenvalue weighted by atomic mass is 32.1. The Bertz CT molecular complexity index is 602. The normalized spacial score (nSPS) is 16.5. The Labute approximate surface area is 111 Å². The van der Waals surface area contributed by atoms with E-state index in [2.05, 4.69) is 30.8 Å². The van der Waals surface area contributed by atoms with Crippen molar-refractivity contribution in [2.75, 3.05) is 0 Å². The van der Waals surface area contributed by atoms with Crippen molar-refractivity contribution in [2.45, 2.75) is 24.2 Å². The molecule has 0 heterocycles. The quantitative estimate of drug-likeness (QED) is 0.675. The van der Waals surface area contributed by atoms with E-state index in [0.29, 0.717) is 6.61 Å². The second-order valence-corrected chi connectivity index (χ2v) is 5.65. The van der Waals surface area contributed by atoms with E-state index >= 15 is 0 Å². The van der Waals surface area contributed by atoms with E-state index in [1.807, 2.05) is 24.3 Å². The van der Waals surface area contributed by atoms with Gasteiger partial charge in [0.2, 0.25) is 0 Å². The number of rotatable bonds is 3. The van der Waals surface area contributed by atoms with Crippen LogP contribution in [0.5, 0.6) is 0 Å². The van der Waals surface area contributed by atoms with Crippen molar-refractivity contribution in [3.8, 4) is 0 Å². The van der Waals surface area contributed by atoms with Crippen LogP contribution in [0.15, 0.2) is 42.5 Å². The Balaban J connectivity index is 1.73. The molecule has 1 aliphatic rings. The van der Waals surface area contributed by atoms with Crippen LogP contribution in [0, 0.1) is 0 Å². The van der Waals surface area contributed by atoms with Crippen LogP contribution in [-0.2, 0) is 16.1 Å². The van der Waals surface area contributed by atoms with Crippen LogP contribution in [-0.4, -0.2) is 10.7 Å². The van der Waals surface area contributed by atoms with Gasteiger partial charge in [0.15, 0.2) is 0 Å². The second-order valence-electron chi connectivity index (χ2n) is 4.79. The van der Waals surface area contributed by atoms with E-state index < -0.39 is 4.75 Å². The van der Waals surface area contributed by atoms with Gasteiger partial charge in [-0.3, -0.25) is 4.79 Å². The first-order valence-corrected chi connectivity index (χ1v) is 6.49. The number of esters is 1. The van der Waals surface area contributed by atoms with Gasteiger partial charge < -0.3 is 4.74 Å². The lowest BCUT2D eigenvalue weighted by Crippen LogP contribution is -2.18. The van der Waals surface area contributed by atoms with Crippen LogP contribution in [0.2, 0.25) is 0 Å². The lowest BCUT2D eigenvalue weighted by atomic mass is 10.1. The maximum absolute atomic E-state index is 11.7. The van der Waals surface area contributed by atoms with E-state index in [0.717, 1.165) is 23.8 Å². The molecule has 0 N–H and O–H groups in total. The summed E-state index contributed by atoms with van der Waals surface area (Å²) in [6.45, 7) is 0.325. The van der Waals surface area contributed by atoms with Crippen molar-refractivity contribution in [1.29, 1.82) is 0 Å². The molecule has 0 aromatic heterocycles. The van der Waals surface area contributed by atoms with Gasteiger partial charge in [-0.2, -0.15) is 12.6 Å². The van der Waals surface area contributed by atoms with E-state index in [4.69, 9.17) is 4.74 Å². The molecule has 2 nitrogen and oxygen atoms in total. The minimum absolute atomic E-state index is 0.195. The third-order valence-corrected chi connectivity index (χ3v) is 3.92. The highest BCUT2D eigenvalue weighted by Crippen LogP contribution is 2.43. The lowest BCUT2D eigenvalue weighted by Gasteiger charge is -2.09. The first-order valence-electron chi connectivity index (χ1n) is 6.05. The van der Waals surface area contributed by atoms with Gasteiger partial charge in [0.1, 0.15) is 11.4 Å². The van der Waals surface area contributed by atoms with E-state index in [-0.39, 0.29) is 5.97 Å². The summed E-state index contributed by atoms with van der Waals surface area (Å²) in [7, 11) is 0. The summed E-state index contributed by atoms with van der Waals surface area (Å²) in [4.78, 5) is 11.7. The van der Waals surface area contributed by atoms with Gasteiger partial charge in [0.05, 0.1) is 0 Å². The van der Waals surface area contributed by atoms with Crippen molar-refractivity contribution in [3.05, 3.63) is 48.0 Å². The summed E-state index contributed by atoms with van der Waals surface area (Å²) in [5, 5.41) is 2.36. The van der Waals surface area contributed by atoms with Crippen LogP contribution in [0.3, 0.4) is 0 Å². The third kappa shape index (κ3) is 2.23. The molecule has 0 saturated heterocycles. The van der Waals surface area contributed by atoms with Gasteiger partial charge in [-0.1, -0.05) is 36.4 Å². The molecule has 0 radical (unpaired) electrons. The van der Waals surface area contributed by atoms with Crippen molar-refractivity contribution in [1.82, 2.24) is 0 Å². The SMILES string of the molecule is O=C(OCc1ccc2ccccc2c1)C1(S)CC1. The van der Waals surface area contributed by atoms with Crippen LogP contribution in [0.25, 0.3) is 10.8 Å².